The van der Waals surface area contributed by atoms with E-state index >= 15 is 0 Å². The van der Waals surface area contributed by atoms with E-state index in [9.17, 15) is 8.78 Å². The Balaban J connectivity index is 2.45. The molecule has 0 atom stereocenters. The topological polar surface area (TPSA) is 0 Å². The van der Waals surface area contributed by atoms with Crippen molar-refractivity contribution in [3.05, 3.63) is 70.2 Å². The molecular weight excluding hydrogens is 337 g/mol. The molecule has 0 bridgehead atoms. The summed E-state index contributed by atoms with van der Waals surface area (Å²) >= 11 is 18.0. The van der Waals surface area contributed by atoms with Crippen LogP contribution in [0.15, 0.2) is 42.5 Å². The summed E-state index contributed by atoms with van der Waals surface area (Å²) in [6.07, 6.45) is 0.246. The molecule has 112 valence electrons. The molecule has 0 aliphatic carbocycles. The van der Waals surface area contributed by atoms with Crippen molar-refractivity contribution in [1.82, 2.24) is 0 Å². The predicted octanol–water partition coefficient (Wildman–Crippen LogP) is 5.58. The smallest absolute Gasteiger partial charge is 0.145 e. The lowest BCUT2D eigenvalue weighted by atomic mass is 9.78. The summed E-state index contributed by atoms with van der Waals surface area (Å²) in [5.41, 5.74) is 0.302. The molecule has 2 aromatic rings. The average Bonchev–Trinajstić information content (AvgIpc) is 2.49. The molecule has 0 radical (unpaired) electrons. The summed E-state index contributed by atoms with van der Waals surface area (Å²) in [4.78, 5) is 0. The number of halogens is 5. The highest BCUT2D eigenvalue weighted by atomic mass is 35.5. The Morgan fingerprint density at radius 3 is 2.24 bits per heavy atom. The SMILES string of the molecule is Fc1cccc(C(CCl)(CCl)Cc2cccc(Cl)c2F)c1. The lowest BCUT2D eigenvalue weighted by Gasteiger charge is -2.30. The van der Waals surface area contributed by atoms with Crippen molar-refractivity contribution in [2.24, 2.45) is 0 Å². The Morgan fingerprint density at radius 2 is 1.62 bits per heavy atom. The van der Waals surface area contributed by atoms with Crippen molar-refractivity contribution >= 4 is 34.8 Å². The van der Waals surface area contributed by atoms with E-state index in [2.05, 4.69) is 0 Å². The number of benzene rings is 2. The molecular formula is C16H13Cl3F2. The zero-order chi connectivity index (χ0) is 15.5. The summed E-state index contributed by atoms with van der Waals surface area (Å²) in [7, 11) is 0. The van der Waals surface area contributed by atoms with Gasteiger partial charge in [0.2, 0.25) is 0 Å². The van der Waals surface area contributed by atoms with Crippen LogP contribution < -0.4 is 0 Å². The highest BCUT2D eigenvalue weighted by molar-refractivity contribution is 6.30. The fraction of sp³-hybridized carbons (Fsp3) is 0.250. The van der Waals surface area contributed by atoms with Crippen LogP contribution in [0, 0.1) is 11.6 Å². The quantitative estimate of drug-likeness (QED) is 0.618. The van der Waals surface area contributed by atoms with E-state index in [-0.39, 0.29) is 29.0 Å². The predicted molar refractivity (Wildman–Crippen MR) is 84.6 cm³/mol. The number of rotatable bonds is 5. The molecule has 0 aliphatic heterocycles. The van der Waals surface area contributed by atoms with Crippen LogP contribution in [-0.4, -0.2) is 11.8 Å². The van der Waals surface area contributed by atoms with Gasteiger partial charge < -0.3 is 0 Å². The van der Waals surface area contributed by atoms with Crippen LogP contribution in [0.2, 0.25) is 5.02 Å². The molecule has 0 saturated carbocycles. The van der Waals surface area contributed by atoms with E-state index in [1.807, 2.05) is 0 Å². The lowest BCUT2D eigenvalue weighted by Crippen LogP contribution is -2.33. The third-order valence-corrected chi connectivity index (χ3v) is 4.82. The van der Waals surface area contributed by atoms with Crippen molar-refractivity contribution in [2.75, 3.05) is 11.8 Å². The first kappa shape index (κ1) is 16.5. The van der Waals surface area contributed by atoms with Gasteiger partial charge in [-0.05, 0) is 35.7 Å². The van der Waals surface area contributed by atoms with Gasteiger partial charge in [0.15, 0.2) is 0 Å². The third kappa shape index (κ3) is 3.50. The molecule has 0 saturated heterocycles. The Bertz CT molecular complexity index is 625. The zero-order valence-electron chi connectivity index (χ0n) is 11.1. The van der Waals surface area contributed by atoms with Crippen LogP contribution in [0.5, 0.6) is 0 Å². The van der Waals surface area contributed by atoms with Crippen molar-refractivity contribution in [2.45, 2.75) is 11.8 Å². The van der Waals surface area contributed by atoms with E-state index < -0.39 is 11.2 Å². The van der Waals surface area contributed by atoms with Crippen LogP contribution >= 0.6 is 34.8 Å². The van der Waals surface area contributed by atoms with Crippen LogP contribution in [0.25, 0.3) is 0 Å². The average molecular weight is 350 g/mol. The van der Waals surface area contributed by atoms with Gasteiger partial charge in [0, 0.05) is 17.2 Å². The highest BCUT2D eigenvalue weighted by Crippen LogP contribution is 2.33. The standard InChI is InChI=1S/C16H13Cl3F2/c17-9-16(10-18,12-4-2-5-13(20)7-12)8-11-3-1-6-14(19)15(11)21/h1-7H,8-10H2. The van der Waals surface area contributed by atoms with Gasteiger partial charge in [-0.1, -0.05) is 35.9 Å². The zero-order valence-corrected chi connectivity index (χ0v) is 13.3. The van der Waals surface area contributed by atoms with E-state index in [0.29, 0.717) is 11.1 Å². The monoisotopic (exact) mass is 348 g/mol. The van der Waals surface area contributed by atoms with E-state index in [1.54, 1.807) is 24.3 Å². The second-order valence-corrected chi connectivity index (χ2v) is 5.89. The van der Waals surface area contributed by atoms with Crippen molar-refractivity contribution in [3.63, 3.8) is 0 Å². The van der Waals surface area contributed by atoms with Gasteiger partial charge in [-0.15, -0.1) is 23.2 Å². The number of hydrogen-bond acceptors (Lipinski definition) is 0. The summed E-state index contributed by atoms with van der Waals surface area (Å²) in [6, 6.07) is 10.8. The summed E-state index contributed by atoms with van der Waals surface area (Å²) in [5, 5.41) is 0.0461. The summed E-state index contributed by atoms with van der Waals surface area (Å²) in [6.45, 7) is 0. The Morgan fingerprint density at radius 1 is 0.952 bits per heavy atom. The fourth-order valence-electron chi connectivity index (χ4n) is 2.25. The Kier molecular flexibility index (Phi) is 5.48. The molecule has 0 fully saturated rings. The highest BCUT2D eigenvalue weighted by Gasteiger charge is 2.32. The second kappa shape index (κ2) is 6.95. The summed E-state index contributed by atoms with van der Waals surface area (Å²) in [5.74, 6) is -0.577. The van der Waals surface area contributed by atoms with Gasteiger partial charge in [-0.2, -0.15) is 0 Å². The molecule has 21 heavy (non-hydrogen) atoms. The molecule has 0 spiro atoms. The molecule has 2 rings (SSSR count). The number of alkyl halides is 2. The maximum absolute atomic E-state index is 14.1. The van der Waals surface area contributed by atoms with Gasteiger partial charge in [-0.3, -0.25) is 0 Å². The number of hydrogen-bond donors (Lipinski definition) is 0. The molecule has 2 aromatic carbocycles. The van der Waals surface area contributed by atoms with Crippen molar-refractivity contribution in [1.29, 1.82) is 0 Å². The molecule has 0 amide bonds. The van der Waals surface area contributed by atoms with Gasteiger partial charge in [0.25, 0.3) is 0 Å². The van der Waals surface area contributed by atoms with E-state index in [1.165, 1.54) is 18.2 Å². The minimum atomic E-state index is -0.753. The van der Waals surface area contributed by atoms with Gasteiger partial charge in [-0.25, -0.2) is 8.78 Å². The van der Waals surface area contributed by atoms with Crippen molar-refractivity contribution in [3.8, 4) is 0 Å². The van der Waals surface area contributed by atoms with Gasteiger partial charge >= 0.3 is 0 Å². The minimum absolute atomic E-state index is 0.0461. The molecule has 0 unspecified atom stereocenters. The minimum Gasteiger partial charge on any atom is -0.207 e. The largest absolute Gasteiger partial charge is 0.207 e. The molecule has 0 heterocycles. The van der Waals surface area contributed by atoms with Crippen LogP contribution in [-0.2, 0) is 11.8 Å². The lowest BCUT2D eigenvalue weighted by molar-refractivity contribution is 0.507. The van der Waals surface area contributed by atoms with Crippen LogP contribution in [0.4, 0.5) is 8.78 Å². The first-order chi connectivity index (χ1) is 10.0. The first-order valence-electron chi connectivity index (χ1n) is 6.33. The molecule has 0 aliphatic rings. The molecule has 0 N–H and O–H groups in total. The van der Waals surface area contributed by atoms with Gasteiger partial charge in [0.05, 0.1) is 5.02 Å². The molecule has 5 heteroatoms. The van der Waals surface area contributed by atoms with Crippen LogP contribution in [0.3, 0.4) is 0 Å². The molecule has 0 nitrogen and oxygen atoms in total. The van der Waals surface area contributed by atoms with Crippen molar-refractivity contribution < 1.29 is 8.78 Å². The summed E-state index contributed by atoms with van der Waals surface area (Å²) < 4.78 is 27.6. The maximum Gasteiger partial charge on any atom is 0.145 e. The molecule has 0 aromatic heterocycles. The fourth-order valence-corrected chi connectivity index (χ4v) is 3.23. The Labute approximate surface area is 137 Å². The van der Waals surface area contributed by atoms with Crippen LogP contribution in [0.1, 0.15) is 11.1 Å². The van der Waals surface area contributed by atoms with Gasteiger partial charge in [0.1, 0.15) is 11.6 Å². The second-order valence-electron chi connectivity index (χ2n) is 4.95. The maximum atomic E-state index is 14.1. The Hall–Kier alpha value is -0.830. The normalized spacial score (nSPS) is 11.7. The van der Waals surface area contributed by atoms with E-state index in [4.69, 9.17) is 34.8 Å². The first-order valence-corrected chi connectivity index (χ1v) is 7.78. The van der Waals surface area contributed by atoms with E-state index in [0.717, 1.165) is 0 Å². The third-order valence-electron chi connectivity index (χ3n) is 3.51.